The second kappa shape index (κ2) is 20.8. The quantitative estimate of drug-likeness (QED) is 0.203. The van der Waals surface area contributed by atoms with Crippen molar-refractivity contribution in [3.05, 3.63) is 6.92 Å². The number of rotatable bonds is 0. The molecule has 0 amide bonds. The maximum absolute atomic E-state index is 8.69. The van der Waals surface area contributed by atoms with Crippen LogP contribution in [-0.2, 0) is 27.2 Å². The SMILES string of the molecule is [CH2-]C=O.[H-].[Li+].[Nb]. The molecular weight excluding hydrogens is 140 g/mol. The second-order valence-corrected chi connectivity index (χ2v) is 0.167. The van der Waals surface area contributed by atoms with Gasteiger partial charge in [0.15, 0.2) is 0 Å². The topological polar surface area (TPSA) is 17.1 Å². The molecule has 0 aromatic heterocycles. The van der Waals surface area contributed by atoms with E-state index in [-0.39, 0.29) is 42.7 Å². The molecule has 3 heteroatoms. The Labute approximate surface area is 60.7 Å². The zero-order valence-electron chi connectivity index (χ0n) is 4.14. The Balaban J connectivity index is -0.00000000667. The molecule has 1 nitrogen and oxygen atoms in total. The van der Waals surface area contributed by atoms with Crippen molar-refractivity contribution < 1.29 is 47.5 Å². The Morgan fingerprint density at radius 3 is 1.80 bits per heavy atom. The van der Waals surface area contributed by atoms with Crippen LogP contribution in [0.4, 0.5) is 0 Å². The molecule has 0 rings (SSSR count). The largest absolute Gasteiger partial charge is 1.00 e. The van der Waals surface area contributed by atoms with Gasteiger partial charge in [0.1, 0.15) is 0 Å². The zero-order valence-corrected chi connectivity index (χ0v) is 5.34. The van der Waals surface area contributed by atoms with Gasteiger partial charge in [-0.25, -0.2) is 0 Å². The molecule has 0 spiro atoms. The predicted molar refractivity (Wildman–Crippen MR) is 12.5 cm³/mol. The van der Waals surface area contributed by atoms with Gasteiger partial charge in [0.2, 0.25) is 0 Å². The van der Waals surface area contributed by atoms with Gasteiger partial charge in [0.05, 0.1) is 0 Å². The molecule has 0 unspecified atom stereocenters. The van der Waals surface area contributed by atoms with Crippen molar-refractivity contribution in [2.24, 2.45) is 0 Å². The predicted octanol–water partition coefficient (Wildman–Crippen LogP) is -2.87. The zero-order chi connectivity index (χ0) is 2.71. The van der Waals surface area contributed by atoms with Crippen LogP contribution in [0.5, 0.6) is 0 Å². The van der Waals surface area contributed by atoms with E-state index in [4.69, 9.17) is 4.79 Å². The smallest absolute Gasteiger partial charge is 1.00 e. The summed E-state index contributed by atoms with van der Waals surface area (Å²) in [5.74, 6) is 0. The van der Waals surface area contributed by atoms with E-state index in [9.17, 15) is 0 Å². The van der Waals surface area contributed by atoms with Crippen LogP contribution in [0.25, 0.3) is 0 Å². The van der Waals surface area contributed by atoms with Gasteiger partial charge < -0.3 is 13.1 Å². The van der Waals surface area contributed by atoms with E-state index in [0.717, 1.165) is 0 Å². The van der Waals surface area contributed by atoms with E-state index in [1.807, 2.05) is 0 Å². The van der Waals surface area contributed by atoms with E-state index < -0.39 is 0 Å². The van der Waals surface area contributed by atoms with Crippen LogP contribution in [0.2, 0.25) is 0 Å². The number of hydrogen-bond donors (Lipinski definition) is 0. The van der Waals surface area contributed by atoms with Crippen LogP contribution >= 0.6 is 0 Å². The van der Waals surface area contributed by atoms with Gasteiger partial charge in [-0.3, -0.25) is 0 Å². The van der Waals surface area contributed by atoms with Gasteiger partial charge in [0.25, 0.3) is 0 Å². The van der Waals surface area contributed by atoms with E-state index in [1.54, 1.807) is 0 Å². The molecule has 0 fully saturated rings. The van der Waals surface area contributed by atoms with Gasteiger partial charge in [0, 0.05) is 22.4 Å². The third-order valence-corrected chi connectivity index (χ3v) is 0. The number of aldehydes is 1. The van der Waals surface area contributed by atoms with Gasteiger partial charge in [-0.1, -0.05) is 0 Å². The fourth-order valence-corrected chi connectivity index (χ4v) is 0. The summed E-state index contributed by atoms with van der Waals surface area (Å²) in [6, 6.07) is 0. The molecule has 0 aliphatic heterocycles. The third-order valence-electron chi connectivity index (χ3n) is 0. The summed E-state index contributed by atoms with van der Waals surface area (Å²) >= 11 is 0. The summed E-state index contributed by atoms with van der Waals surface area (Å²) in [5, 5.41) is 0. The summed E-state index contributed by atoms with van der Waals surface area (Å²) in [7, 11) is 0. The Kier molecular flexibility index (Phi) is 70.3. The summed E-state index contributed by atoms with van der Waals surface area (Å²) in [6.45, 7) is 2.81. The molecule has 5 heavy (non-hydrogen) atoms. The van der Waals surface area contributed by atoms with Crippen molar-refractivity contribution in [2.45, 2.75) is 0 Å². The van der Waals surface area contributed by atoms with E-state index >= 15 is 0 Å². The minimum Gasteiger partial charge on any atom is -1.00 e. The first-order valence-corrected chi connectivity index (χ1v) is 0.644. The van der Waals surface area contributed by atoms with Crippen LogP contribution in [-0.4, -0.2) is 6.29 Å². The first-order chi connectivity index (χ1) is 1.41. The number of carbonyl (C=O) groups is 1. The standard InChI is InChI=1S/C2H3O.Li.Nb.H/c1-2-3;;;/h2H,1H2;;;/q-1;+1;;-1. The van der Waals surface area contributed by atoms with Crippen LogP contribution in [0.3, 0.4) is 0 Å². The third kappa shape index (κ3) is 52.4. The summed E-state index contributed by atoms with van der Waals surface area (Å²) in [5.41, 5.74) is 0. The van der Waals surface area contributed by atoms with Crippen LogP contribution in [0, 0.1) is 6.92 Å². The summed E-state index contributed by atoms with van der Waals surface area (Å²) in [6.07, 6.45) is 0.500. The normalized spacial score (nSPS) is 2.40. The van der Waals surface area contributed by atoms with Crippen molar-refractivity contribution in [1.29, 1.82) is 0 Å². The van der Waals surface area contributed by atoms with Crippen molar-refractivity contribution in [1.82, 2.24) is 0 Å². The molecule has 0 saturated heterocycles. The molecule has 0 saturated carbocycles. The molecule has 0 atom stereocenters. The Hall–Kier alpha value is 0.878. The van der Waals surface area contributed by atoms with Crippen LogP contribution in [0.1, 0.15) is 1.43 Å². The molecule has 0 bridgehead atoms. The Morgan fingerprint density at radius 1 is 1.80 bits per heavy atom. The molecular formula is C2H4LiNbO-. The maximum Gasteiger partial charge on any atom is 1.00 e. The molecule has 0 heterocycles. The van der Waals surface area contributed by atoms with Gasteiger partial charge in [-0.2, -0.15) is 0 Å². The maximum atomic E-state index is 8.69. The first-order valence-electron chi connectivity index (χ1n) is 0.644. The van der Waals surface area contributed by atoms with Crippen molar-refractivity contribution in [3.8, 4) is 0 Å². The summed E-state index contributed by atoms with van der Waals surface area (Å²) in [4.78, 5) is 8.69. The number of carbonyl (C=O) groups excluding carboxylic acids is 1. The molecule has 1 radical (unpaired) electrons. The molecule has 0 N–H and O–H groups in total. The van der Waals surface area contributed by atoms with E-state index in [1.165, 1.54) is 0 Å². The van der Waals surface area contributed by atoms with Gasteiger partial charge in [-0.05, 0) is 6.29 Å². The summed E-state index contributed by atoms with van der Waals surface area (Å²) < 4.78 is 0. The fraction of sp³-hybridized carbons (Fsp3) is 0. The van der Waals surface area contributed by atoms with Crippen molar-refractivity contribution in [2.75, 3.05) is 0 Å². The number of hydrogen-bond acceptors (Lipinski definition) is 1. The molecule has 0 aromatic carbocycles. The molecule has 0 aromatic rings. The average Bonchev–Trinajstić information content (AvgIpc) is 0.918. The molecule has 0 aliphatic carbocycles. The monoisotopic (exact) mass is 144 g/mol. The Bertz CT molecular complexity index is 21.0. The van der Waals surface area contributed by atoms with E-state index in [2.05, 4.69) is 6.92 Å². The fourth-order valence-electron chi connectivity index (χ4n) is 0. The van der Waals surface area contributed by atoms with E-state index in [0.29, 0.717) is 6.29 Å². The molecule has 0 aliphatic rings. The minimum atomic E-state index is 0. The van der Waals surface area contributed by atoms with Gasteiger partial charge >= 0.3 is 18.9 Å². The second-order valence-electron chi connectivity index (χ2n) is 0.167. The molecule has 25 valence electrons. The minimum absolute atomic E-state index is 0. The van der Waals surface area contributed by atoms with Crippen LogP contribution in [0.15, 0.2) is 0 Å². The first kappa shape index (κ1) is 16.9. The van der Waals surface area contributed by atoms with Gasteiger partial charge in [-0.15, -0.1) is 0 Å². The van der Waals surface area contributed by atoms with Crippen molar-refractivity contribution >= 4 is 6.29 Å². The Morgan fingerprint density at radius 2 is 1.80 bits per heavy atom. The average molecular weight is 144 g/mol. The van der Waals surface area contributed by atoms with Crippen molar-refractivity contribution in [3.63, 3.8) is 0 Å². The van der Waals surface area contributed by atoms with Crippen LogP contribution < -0.4 is 18.9 Å².